The van der Waals surface area contributed by atoms with E-state index in [4.69, 9.17) is 13.0 Å². The first-order valence-electron chi connectivity index (χ1n) is 5.54. The van der Waals surface area contributed by atoms with Crippen LogP contribution in [0.4, 0.5) is 0 Å². The summed E-state index contributed by atoms with van der Waals surface area (Å²) in [6, 6.07) is 5.83. The van der Waals surface area contributed by atoms with E-state index in [0.29, 0.717) is 18.4 Å². The fraction of sp³-hybridized carbons (Fsp3) is 0.455. The van der Waals surface area contributed by atoms with Crippen LogP contribution in [-0.2, 0) is 10.0 Å². The first-order valence-corrected chi connectivity index (χ1v) is 6.98. The molecule has 0 aromatic heterocycles. The summed E-state index contributed by atoms with van der Waals surface area (Å²) in [5.41, 5.74) is 0.532. The van der Waals surface area contributed by atoms with E-state index < -0.39 is 10.0 Å². The van der Waals surface area contributed by atoms with Gasteiger partial charge in [-0.1, -0.05) is 17.6 Å². The molecule has 0 amide bonds. The van der Waals surface area contributed by atoms with Gasteiger partial charge >= 0.3 is 0 Å². The van der Waals surface area contributed by atoms with Crippen molar-refractivity contribution in [2.45, 2.75) is 23.8 Å². The summed E-state index contributed by atoms with van der Waals surface area (Å²) < 4.78 is 26.0. The third-order valence-corrected chi connectivity index (χ3v) is 4.99. The van der Waals surface area contributed by atoms with E-state index >= 15 is 0 Å². The van der Waals surface area contributed by atoms with Crippen molar-refractivity contribution in [2.24, 2.45) is 0 Å². The molecule has 0 bridgehead atoms. The zero-order valence-corrected chi connectivity index (χ0v) is 10.2. The minimum Gasteiger partial charge on any atom is -0.395 e. The van der Waals surface area contributed by atoms with Crippen molar-refractivity contribution >= 4 is 23.3 Å². The Bertz CT molecular complexity index is 486. The summed E-state index contributed by atoms with van der Waals surface area (Å²) in [5.74, 6) is 0. The number of hydrogen-bond donors (Lipinski definition) is 1. The van der Waals surface area contributed by atoms with Crippen LogP contribution in [0.25, 0.3) is 0 Å². The molecule has 1 aromatic rings. The van der Waals surface area contributed by atoms with Gasteiger partial charge in [0.25, 0.3) is 0 Å². The normalized spacial score (nSPS) is 21.8. The Morgan fingerprint density at radius 1 is 1.35 bits per heavy atom. The summed E-state index contributed by atoms with van der Waals surface area (Å²) in [6.45, 7) is 0.339. The van der Waals surface area contributed by atoms with Gasteiger partial charge in [0.15, 0.2) is 0 Å². The highest BCUT2D eigenvalue weighted by Gasteiger charge is 2.34. The van der Waals surface area contributed by atoms with Crippen LogP contribution in [0.3, 0.4) is 0 Å². The number of benzene rings is 1. The van der Waals surface area contributed by atoms with E-state index in [2.05, 4.69) is 0 Å². The Morgan fingerprint density at radius 3 is 2.59 bits per heavy atom. The van der Waals surface area contributed by atoms with E-state index in [-0.39, 0.29) is 17.5 Å². The molecule has 6 heteroatoms. The average molecular weight is 251 g/mol. The zero-order valence-electron chi connectivity index (χ0n) is 9.41. The molecular formula is C11H14BNO3S. The molecule has 1 atom stereocenters. The van der Waals surface area contributed by atoms with Gasteiger partial charge in [0.05, 0.1) is 11.5 Å². The summed E-state index contributed by atoms with van der Waals surface area (Å²) in [7, 11) is 2.03. The molecule has 0 saturated carbocycles. The van der Waals surface area contributed by atoms with Crippen LogP contribution in [0.2, 0.25) is 0 Å². The lowest BCUT2D eigenvalue weighted by Crippen LogP contribution is -2.37. The van der Waals surface area contributed by atoms with E-state index in [1.54, 1.807) is 12.1 Å². The average Bonchev–Trinajstić information content (AvgIpc) is 2.78. The van der Waals surface area contributed by atoms with Crippen molar-refractivity contribution in [3.05, 3.63) is 24.3 Å². The standard InChI is InChI=1S/C11H14BNO3S/c12-9-3-5-11(6-4-9)17(15,16)13-7-1-2-10(13)8-14/h3-6,10,14H,1-2,7-8H2/t10-/m1/s1. The predicted molar refractivity (Wildman–Crippen MR) is 65.8 cm³/mol. The second kappa shape index (κ2) is 4.80. The van der Waals surface area contributed by atoms with Gasteiger partial charge in [-0.2, -0.15) is 4.31 Å². The number of aliphatic hydroxyl groups excluding tert-OH is 1. The van der Waals surface area contributed by atoms with Gasteiger partial charge in [-0.15, -0.1) is 0 Å². The third-order valence-electron chi connectivity index (χ3n) is 3.02. The molecule has 90 valence electrons. The van der Waals surface area contributed by atoms with E-state index in [1.165, 1.54) is 16.4 Å². The highest BCUT2D eigenvalue weighted by atomic mass is 32.2. The Kier molecular flexibility index (Phi) is 3.56. The van der Waals surface area contributed by atoms with Crippen LogP contribution in [0.1, 0.15) is 12.8 Å². The maximum absolute atomic E-state index is 12.3. The van der Waals surface area contributed by atoms with Crippen molar-refractivity contribution in [1.82, 2.24) is 4.31 Å². The monoisotopic (exact) mass is 251 g/mol. The van der Waals surface area contributed by atoms with Gasteiger partial charge in [-0.3, -0.25) is 0 Å². The van der Waals surface area contributed by atoms with Crippen LogP contribution in [0.5, 0.6) is 0 Å². The quantitative estimate of drug-likeness (QED) is 0.745. The summed E-state index contributed by atoms with van der Waals surface area (Å²) in [6.07, 6.45) is 1.50. The number of rotatable bonds is 3. The maximum Gasteiger partial charge on any atom is 0.243 e. The Hall–Kier alpha value is -0.845. The molecule has 4 nitrogen and oxygen atoms in total. The molecule has 1 aromatic carbocycles. The van der Waals surface area contributed by atoms with Crippen LogP contribution < -0.4 is 5.46 Å². The van der Waals surface area contributed by atoms with Crippen LogP contribution >= 0.6 is 0 Å². The molecule has 2 radical (unpaired) electrons. The molecule has 1 N–H and O–H groups in total. The zero-order chi connectivity index (χ0) is 12.5. The Labute approximate surface area is 103 Å². The lowest BCUT2D eigenvalue weighted by atomic mass is 9.97. The molecule has 1 aliphatic rings. The molecule has 0 aliphatic carbocycles. The van der Waals surface area contributed by atoms with E-state index in [9.17, 15) is 8.42 Å². The van der Waals surface area contributed by atoms with E-state index in [0.717, 1.165) is 6.42 Å². The Balaban J connectivity index is 2.33. The van der Waals surface area contributed by atoms with Gasteiger partial charge < -0.3 is 5.11 Å². The SMILES string of the molecule is [B]c1ccc(S(=O)(=O)N2CCC[C@@H]2CO)cc1. The molecular weight excluding hydrogens is 237 g/mol. The van der Waals surface area contributed by atoms with Gasteiger partial charge in [0.1, 0.15) is 7.85 Å². The maximum atomic E-state index is 12.3. The largest absolute Gasteiger partial charge is 0.395 e. The van der Waals surface area contributed by atoms with Gasteiger partial charge in [-0.25, -0.2) is 8.42 Å². The molecule has 17 heavy (non-hydrogen) atoms. The molecule has 1 fully saturated rings. The van der Waals surface area contributed by atoms with Crippen molar-refractivity contribution in [2.75, 3.05) is 13.2 Å². The fourth-order valence-corrected chi connectivity index (χ4v) is 3.77. The molecule has 0 spiro atoms. The number of nitrogens with zero attached hydrogens (tertiary/aromatic N) is 1. The van der Waals surface area contributed by atoms with Crippen LogP contribution in [-0.4, -0.2) is 44.9 Å². The summed E-state index contributed by atoms with van der Waals surface area (Å²) in [5, 5.41) is 9.16. The number of aliphatic hydroxyl groups is 1. The smallest absolute Gasteiger partial charge is 0.243 e. The van der Waals surface area contributed by atoms with Crippen molar-refractivity contribution in [3.8, 4) is 0 Å². The third kappa shape index (κ3) is 2.39. The van der Waals surface area contributed by atoms with Crippen LogP contribution in [0, 0.1) is 0 Å². The second-order valence-corrected chi connectivity index (χ2v) is 6.05. The molecule has 1 heterocycles. The summed E-state index contributed by atoms with van der Waals surface area (Å²) >= 11 is 0. The van der Waals surface area contributed by atoms with Gasteiger partial charge in [0.2, 0.25) is 10.0 Å². The minimum absolute atomic E-state index is 0.131. The molecule has 0 unspecified atom stereocenters. The van der Waals surface area contributed by atoms with Gasteiger partial charge in [-0.05, 0) is 25.0 Å². The van der Waals surface area contributed by atoms with E-state index in [1.807, 2.05) is 0 Å². The molecule has 1 saturated heterocycles. The predicted octanol–water partition coefficient (Wildman–Crippen LogP) is -0.374. The number of sulfonamides is 1. The summed E-state index contributed by atoms with van der Waals surface area (Å²) in [4.78, 5) is 0.229. The van der Waals surface area contributed by atoms with Gasteiger partial charge in [0, 0.05) is 12.6 Å². The van der Waals surface area contributed by atoms with Crippen molar-refractivity contribution < 1.29 is 13.5 Å². The van der Waals surface area contributed by atoms with Crippen molar-refractivity contribution in [3.63, 3.8) is 0 Å². The minimum atomic E-state index is -3.50. The lowest BCUT2D eigenvalue weighted by molar-refractivity contribution is 0.213. The topological polar surface area (TPSA) is 57.6 Å². The fourth-order valence-electron chi connectivity index (χ4n) is 2.08. The lowest BCUT2D eigenvalue weighted by Gasteiger charge is -2.22. The first-order chi connectivity index (χ1) is 8.05. The highest BCUT2D eigenvalue weighted by Crippen LogP contribution is 2.25. The number of hydrogen-bond acceptors (Lipinski definition) is 3. The first kappa shape index (κ1) is 12.6. The Morgan fingerprint density at radius 2 is 2.00 bits per heavy atom. The van der Waals surface area contributed by atoms with Crippen molar-refractivity contribution in [1.29, 1.82) is 0 Å². The highest BCUT2D eigenvalue weighted by molar-refractivity contribution is 7.89. The second-order valence-electron chi connectivity index (χ2n) is 4.16. The molecule has 1 aliphatic heterocycles. The van der Waals surface area contributed by atoms with Crippen LogP contribution in [0.15, 0.2) is 29.2 Å². The molecule has 2 rings (SSSR count).